The van der Waals surface area contributed by atoms with E-state index in [1.54, 1.807) is 21.7 Å². The first-order valence-corrected chi connectivity index (χ1v) is 11.9. The van der Waals surface area contributed by atoms with Crippen LogP contribution in [0.2, 0.25) is 5.02 Å². The second-order valence-corrected chi connectivity index (χ2v) is 9.20. The van der Waals surface area contributed by atoms with E-state index in [2.05, 4.69) is 25.6 Å². The van der Waals surface area contributed by atoms with Crippen molar-refractivity contribution in [2.24, 2.45) is 0 Å². The number of fused-ring (bicyclic) bond motifs is 1. The van der Waals surface area contributed by atoms with Crippen LogP contribution in [0.4, 0.5) is 23.7 Å². The molecule has 1 aliphatic heterocycles. The van der Waals surface area contributed by atoms with E-state index in [-0.39, 0.29) is 22.7 Å². The normalized spacial score (nSPS) is 14.8. The van der Waals surface area contributed by atoms with Crippen LogP contribution in [-0.4, -0.2) is 49.0 Å². The maximum Gasteiger partial charge on any atom is 0.416 e. The third-order valence-electron chi connectivity index (χ3n) is 6.25. The number of piperidine rings is 1. The van der Waals surface area contributed by atoms with Gasteiger partial charge in [0.1, 0.15) is 5.82 Å². The minimum Gasteiger partial charge on any atom is -0.324 e. The van der Waals surface area contributed by atoms with Crippen molar-refractivity contribution in [2.75, 3.05) is 18.4 Å². The molecule has 192 valence electrons. The van der Waals surface area contributed by atoms with Gasteiger partial charge in [0, 0.05) is 29.7 Å². The fourth-order valence-electron chi connectivity index (χ4n) is 4.29. The van der Waals surface area contributed by atoms with Crippen molar-refractivity contribution in [2.45, 2.75) is 31.5 Å². The van der Waals surface area contributed by atoms with Crippen LogP contribution in [0, 0.1) is 0 Å². The molecule has 4 aromatic rings. The second kappa shape index (κ2) is 9.85. The van der Waals surface area contributed by atoms with Gasteiger partial charge in [0.05, 0.1) is 12.1 Å². The summed E-state index contributed by atoms with van der Waals surface area (Å²) in [7, 11) is 0. The lowest BCUT2D eigenvalue weighted by Gasteiger charge is -2.31. The summed E-state index contributed by atoms with van der Waals surface area (Å²) in [6.45, 7) is 1.12. The smallest absolute Gasteiger partial charge is 0.324 e. The Bertz CT molecular complexity index is 1490. The summed E-state index contributed by atoms with van der Waals surface area (Å²) in [5.74, 6) is 0.400. The number of rotatable bonds is 4. The zero-order valence-electron chi connectivity index (χ0n) is 19.3. The number of amides is 2. The largest absolute Gasteiger partial charge is 0.416 e. The predicted octanol–water partition coefficient (Wildman–Crippen LogP) is 4.65. The number of hydrogen-bond donors (Lipinski definition) is 2. The molecular formula is C24H21ClF3N7O2. The lowest BCUT2D eigenvalue weighted by molar-refractivity contribution is -0.137. The van der Waals surface area contributed by atoms with Gasteiger partial charge in [0.15, 0.2) is 11.2 Å². The number of nitrogens with one attached hydrogen (secondary N) is 2. The van der Waals surface area contributed by atoms with Crippen LogP contribution < -0.4 is 10.9 Å². The minimum atomic E-state index is -4.44. The van der Waals surface area contributed by atoms with Crippen LogP contribution in [0.3, 0.4) is 0 Å². The topological polar surface area (TPSA) is 109 Å². The number of carbonyl (C=O) groups is 1. The SMILES string of the molecule is O=C(Nc1ccc(C(F)(F)F)cc1)N1CCC(c2nc3c(nnn3Cc3cccc(Cl)c3)c(=O)[nH]2)CC1. The molecule has 0 bridgehead atoms. The van der Waals surface area contributed by atoms with E-state index in [1.807, 2.05) is 12.1 Å². The molecule has 0 unspecified atom stereocenters. The van der Waals surface area contributed by atoms with Crippen molar-refractivity contribution in [3.63, 3.8) is 0 Å². The van der Waals surface area contributed by atoms with Gasteiger partial charge in [-0.05, 0) is 54.8 Å². The number of halogens is 4. The molecule has 0 spiro atoms. The van der Waals surface area contributed by atoms with Gasteiger partial charge >= 0.3 is 12.2 Å². The van der Waals surface area contributed by atoms with Crippen molar-refractivity contribution in [3.8, 4) is 0 Å². The molecule has 2 aromatic carbocycles. The lowest BCUT2D eigenvalue weighted by Crippen LogP contribution is -2.41. The number of anilines is 1. The fraction of sp³-hybridized carbons (Fsp3) is 0.292. The highest BCUT2D eigenvalue weighted by molar-refractivity contribution is 6.30. The van der Waals surface area contributed by atoms with Crippen molar-refractivity contribution in [1.82, 2.24) is 29.9 Å². The summed E-state index contributed by atoms with van der Waals surface area (Å²) in [5.41, 5.74) is 0.487. The minimum absolute atomic E-state index is 0.0956. The number of hydrogen-bond acceptors (Lipinski definition) is 5. The maximum absolute atomic E-state index is 12.7. The highest BCUT2D eigenvalue weighted by Gasteiger charge is 2.30. The van der Waals surface area contributed by atoms with Gasteiger partial charge in [0.2, 0.25) is 0 Å². The number of alkyl halides is 3. The molecule has 13 heteroatoms. The van der Waals surface area contributed by atoms with E-state index >= 15 is 0 Å². The Balaban J connectivity index is 1.25. The second-order valence-electron chi connectivity index (χ2n) is 8.77. The molecule has 0 saturated carbocycles. The molecule has 5 rings (SSSR count). The highest BCUT2D eigenvalue weighted by Crippen LogP contribution is 2.30. The molecule has 9 nitrogen and oxygen atoms in total. The van der Waals surface area contributed by atoms with Gasteiger partial charge in [-0.15, -0.1) is 5.10 Å². The summed E-state index contributed by atoms with van der Waals surface area (Å²) in [4.78, 5) is 34.3. The zero-order valence-corrected chi connectivity index (χ0v) is 20.1. The molecule has 0 radical (unpaired) electrons. The van der Waals surface area contributed by atoms with Crippen LogP contribution in [0.25, 0.3) is 11.2 Å². The van der Waals surface area contributed by atoms with E-state index in [1.165, 1.54) is 12.1 Å². The quantitative estimate of drug-likeness (QED) is 0.398. The average molecular weight is 532 g/mol. The molecule has 1 fully saturated rings. The number of nitrogens with zero attached hydrogens (tertiary/aromatic N) is 5. The Morgan fingerprint density at radius 1 is 1.14 bits per heavy atom. The Labute approximate surface area is 213 Å². The van der Waals surface area contributed by atoms with Gasteiger partial charge in [-0.3, -0.25) is 4.79 Å². The van der Waals surface area contributed by atoms with Gasteiger partial charge in [-0.2, -0.15) is 13.2 Å². The highest BCUT2D eigenvalue weighted by atomic mass is 35.5. The number of urea groups is 1. The van der Waals surface area contributed by atoms with E-state index in [4.69, 9.17) is 11.6 Å². The predicted molar refractivity (Wildman–Crippen MR) is 131 cm³/mol. The number of aromatic nitrogens is 5. The van der Waals surface area contributed by atoms with Crippen molar-refractivity contribution >= 4 is 34.5 Å². The molecule has 2 N–H and O–H groups in total. The number of carbonyl (C=O) groups excluding carboxylic acids is 1. The van der Waals surface area contributed by atoms with Crippen LogP contribution in [0.5, 0.6) is 0 Å². The van der Waals surface area contributed by atoms with Crippen molar-refractivity contribution in [1.29, 1.82) is 0 Å². The molecule has 1 aliphatic rings. The molecule has 37 heavy (non-hydrogen) atoms. The molecule has 3 heterocycles. The van der Waals surface area contributed by atoms with Gasteiger partial charge < -0.3 is 15.2 Å². The van der Waals surface area contributed by atoms with E-state index < -0.39 is 17.8 Å². The molecule has 0 atom stereocenters. The number of aromatic amines is 1. The maximum atomic E-state index is 12.7. The van der Waals surface area contributed by atoms with Crippen molar-refractivity contribution in [3.05, 3.63) is 80.9 Å². The van der Waals surface area contributed by atoms with Gasteiger partial charge in [-0.25, -0.2) is 14.5 Å². The third kappa shape index (κ3) is 5.43. The van der Waals surface area contributed by atoms with Crippen LogP contribution in [0.15, 0.2) is 53.3 Å². The van der Waals surface area contributed by atoms with E-state index in [0.29, 0.717) is 49.0 Å². The first kappa shape index (κ1) is 24.8. The summed E-state index contributed by atoms with van der Waals surface area (Å²) in [6, 6.07) is 11.2. The first-order chi connectivity index (χ1) is 17.7. The monoisotopic (exact) mass is 531 g/mol. The molecule has 0 aliphatic carbocycles. The van der Waals surface area contributed by atoms with Gasteiger partial charge in [0.25, 0.3) is 5.56 Å². The van der Waals surface area contributed by atoms with Gasteiger partial charge in [-0.1, -0.05) is 28.9 Å². The number of H-pyrrole nitrogens is 1. The molecule has 1 saturated heterocycles. The molecule has 2 amide bonds. The van der Waals surface area contributed by atoms with Crippen molar-refractivity contribution < 1.29 is 18.0 Å². The lowest BCUT2D eigenvalue weighted by atomic mass is 9.96. The van der Waals surface area contributed by atoms with Crippen LogP contribution >= 0.6 is 11.6 Å². The molecule has 2 aromatic heterocycles. The summed E-state index contributed by atoms with van der Waals surface area (Å²) in [5, 5.41) is 11.3. The van der Waals surface area contributed by atoms with E-state index in [0.717, 1.165) is 17.7 Å². The third-order valence-corrected chi connectivity index (χ3v) is 6.48. The number of benzene rings is 2. The zero-order chi connectivity index (χ0) is 26.2. The molecular weight excluding hydrogens is 511 g/mol. The standard InChI is InChI=1S/C24H21ClF3N7O2/c25-17-3-1-2-14(12-17)13-35-21-19(32-33-35)22(36)31-20(30-21)15-8-10-34(11-9-15)23(37)29-18-6-4-16(5-7-18)24(26,27)28/h1-7,12,15H,8-11,13H2,(H,29,37)(H,30,31,36). The van der Waals surface area contributed by atoms with Crippen LogP contribution in [-0.2, 0) is 12.7 Å². The average Bonchev–Trinajstić information content (AvgIpc) is 3.27. The Kier molecular flexibility index (Phi) is 6.59. The Morgan fingerprint density at radius 3 is 2.54 bits per heavy atom. The first-order valence-electron chi connectivity index (χ1n) is 11.5. The fourth-order valence-corrected chi connectivity index (χ4v) is 4.51. The Morgan fingerprint density at radius 2 is 1.86 bits per heavy atom. The number of likely N-dealkylation sites (tertiary alicyclic amines) is 1. The van der Waals surface area contributed by atoms with Crippen LogP contribution in [0.1, 0.15) is 35.7 Å². The Hall–Kier alpha value is -3.93. The summed E-state index contributed by atoms with van der Waals surface area (Å²) in [6.07, 6.45) is -3.35. The van der Waals surface area contributed by atoms with E-state index in [9.17, 15) is 22.8 Å². The summed E-state index contributed by atoms with van der Waals surface area (Å²) < 4.78 is 39.8. The summed E-state index contributed by atoms with van der Waals surface area (Å²) >= 11 is 6.07.